The van der Waals surface area contributed by atoms with E-state index in [9.17, 15) is 19.5 Å². The van der Waals surface area contributed by atoms with Gasteiger partial charge in [0, 0.05) is 13.3 Å². The minimum atomic E-state index is -2.16. The summed E-state index contributed by atoms with van der Waals surface area (Å²) in [5, 5.41) is 13.7. The third kappa shape index (κ3) is 3.37. The van der Waals surface area contributed by atoms with Crippen LogP contribution in [0.3, 0.4) is 0 Å². The van der Waals surface area contributed by atoms with Gasteiger partial charge in [0.2, 0.25) is 11.4 Å². The van der Waals surface area contributed by atoms with Crippen LogP contribution in [0.25, 0.3) is 10.8 Å². The lowest BCUT2D eigenvalue weighted by Crippen LogP contribution is -2.61. The molecule has 0 fully saturated rings. The summed E-state index contributed by atoms with van der Waals surface area (Å²) in [4.78, 5) is 35.8. The zero-order chi connectivity index (χ0) is 17.7. The first-order valence-electron chi connectivity index (χ1n) is 7.56. The smallest absolute Gasteiger partial charge is 0.344 e. The van der Waals surface area contributed by atoms with Gasteiger partial charge in [-0.2, -0.15) is 0 Å². The molecule has 0 saturated carbocycles. The monoisotopic (exact) mass is 329 g/mol. The number of rotatable bonds is 6. The first kappa shape index (κ1) is 17.5. The number of benzene rings is 2. The largest absolute Gasteiger partial charge is 0.479 e. The predicted molar refractivity (Wildman–Crippen MR) is 88.5 cm³/mol. The normalized spacial score (nSPS) is 13.1. The molecule has 2 rings (SSSR count). The molecule has 0 bridgehead atoms. The van der Waals surface area contributed by atoms with Gasteiger partial charge in [-0.05, 0) is 23.3 Å². The van der Waals surface area contributed by atoms with Crippen LogP contribution < -0.4 is 5.32 Å². The molecule has 2 N–H and O–H groups in total. The van der Waals surface area contributed by atoms with E-state index in [-0.39, 0.29) is 13.0 Å². The molecular weight excluding hydrogens is 310 g/mol. The molecule has 126 valence electrons. The van der Waals surface area contributed by atoms with Crippen molar-refractivity contribution < 1.29 is 24.2 Å². The number of hydrogen-bond acceptors (Lipinski definition) is 4. The van der Waals surface area contributed by atoms with E-state index in [0.717, 1.165) is 10.8 Å². The summed E-state index contributed by atoms with van der Waals surface area (Å²) in [5.41, 5.74) is -1.52. The van der Waals surface area contributed by atoms with Crippen molar-refractivity contribution in [3.8, 4) is 0 Å². The van der Waals surface area contributed by atoms with Crippen LogP contribution in [0.15, 0.2) is 42.5 Å². The van der Waals surface area contributed by atoms with E-state index in [4.69, 9.17) is 4.74 Å². The van der Waals surface area contributed by atoms with Crippen LogP contribution in [-0.4, -0.2) is 35.1 Å². The fourth-order valence-corrected chi connectivity index (χ4v) is 2.67. The Morgan fingerprint density at radius 1 is 1.12 bits per heavy atom. The van der Waals surface area contributed by atoms with E-state index in [1.807, 2.05) is 30.3 Å². The first-order chi connectivity index (χ1) is 11.4. The van der Waals surface area contributed by atoms with Crippen LogP contribution in [0.2, 0.25) is 0 Å². The van der Waals surface area contributed by atoms with Gasteiger partial charge < -0.3 is 15.2 Å². The second kappa shape index (κ2) is 7.12. The summed E-state index contributed by atoms with van der Waals surface area (Å²) in [7, 11) is 0. The van der Waals surface area contributed by atoms with Crippen molar-refractivity contribution in [2.75, 3.05) is 6.61 Å². The van der Waals surface area contributed by atoms with Crippen molar-refractivity contribution in [2.24, 2.45) is 0 Å². The second-order valence-corrected chi connectivity index (χ2v) is 5.43. The van der Waals surface area contributed by atoms with E-state index in [2.05, 4.69) is 5.32 Å². The highest BCUT2D eigenvalue weighted by Gasteiger charge is 2.49. The molecule has 2 aromatic carbocycles. The van der Waals surface area contributed by atoms with Crippen LogP contribution in [0.4, 0.5) is 0 Å². The average Bonchev–Trinajstić information content (AvgIpc) is 2.54. The van der Waals surface area contributed by atoms with Crippen molar-refractivity contribution in [3.05, 3.63) is 48.0 Å². The molecule has 2 aromatic rings. The van der Waals surface area contributed by atoms with Crippen LogP contribution in [0.1, 0.15) is 19.4 Å². The summed E-state index contributed by atoms with van der Waals surface area (Å²) in [6.07, 6.45) is -0.206. The molecule has 1 amide bonds. The fourth-order valence-electron chi connectivity index (χ4n) is 2.67. The van der Waals surface area contributed by atoms with Crippen molar-refractivity contribution in [1.29, 1.82) is 0 Å². The van der Waals surface area contributed by atoms with Gasteiger partial charge in [-0.25, -0.2) is 9.59 Å². The van der Waals surface area contributed by atoms with E-state index in [1.54, 1.807) is 19.1 Å². The zero-order valence-electron chi connectivity index (χ0n) is 13.5. The molecule has 6 heteroatoms. The molecule has 0 heterocycles. The van der Waals surface area contributed by atoms with Gasteiger partial charge in [0.1, 0.15) is 0 Å². The maximum absolute atomic E-state index is 12.4. The third-order valence-corrected chi connectivity index (χ3v) is 3.71. The first-order valence-corrected chi connectivity index (χ1v) is 7.56. The fraction of sp³-hybridized carbons (Fsp3) is 0.278. The zero-order valence-corrected chi connectivity index (χ0v) is 13.5. The van der Waals surface area contributed by atoms with Gasteiger partial charge >= 0.3 is 11.9 Å². The highest BCUT2D eigenvalue weighted by Crippen LogP contribution is 2.24. The quantitative estimate of drug-likeness (QED) is 0.624. The average molecular weight is 329 g/mol. The number of carboxylic acids is 1. The van der Waals surface area contributed by atoms with Crippen LogP contribution in [0.5, 0.6) is 0 Å². The number of carbonyl (C=O) groups excluding carboxylic acids is 2. The molecule has 0 radical (unpaired) electrons. The summed E-state index contributed by atoms with van der Waals surface area (Å²) in [6, 6.07) is 12.8. The lowest BCUT2D eigenvalue weighted by Gasteiger charge is -2.28. The second-order valence-electron chi connectivity index (χ2n) is 5.43. The predicted octanol–water partition coefficient (Wildman–Crippen LogP) is 1.90. The number of aliphatic carboxylic acids is 1. The standard InChI is InChI=1S/C18H19NO5/c1-3-24-17(23)18(16(21)22,19-12(2)20)11-14-9-6-8-13-7-4-5-10-15(13)14/h4-10H,3,11H2,1-2H3,(H,19,20)(H,21,22). The van der Waals surface area contributed by atoms with Gasteiger partial charge in [0.15, 0.2) is 0 Å². The summed E-state index contributed by atoms with van der Waals surface area (Å²) >= 11 is 0. The number of esters is 1. The van der Waals surface area contributed by atoms with Crippen molar-refractivity contribution in [3.63, 3.8) is 0 Å². The van der Waals surface area contributed by atoms with E-state index >= 15 is 0 Å². The minimum Gasteiger partial charge on any atom is -0.479 e. The highest BCUT2D eigenvalue weighted by atomic mass is 16.5. The van der Waals surface area contributed by atoms with E-state index in [0.29, 0.717) is 5.56 Å². The number of hydrogen-bond donors (Lipinski definition) is 2. The maximum Gasteiger partial charge on any atom is 0.344 e. The van der Waals surface area contributed by atoms with Gasteiger partial charge in [-0.3, -0.25) is 4.79 Å². The van der Waals surface area contributed by atoms with Crippen LogP contribution in [-0.2, 0) is 25.5 Å². The summed E-state index contributed by atoms with van der Waals surface area (Å²) < 4.78 is 4.92. The van der Waals surface area contributed by atoms with Gasteiger partial charge in [-0.15, -0.1) is 0 Å². The van der Waals surface area contributed by atoms with E-state index < -0.39 is 23.4 Å². The molecule has 0 spiro atoms. The molecule has 1 atom stereocenters. The highest BCUT2D eigenvalue weighted by molar-refractivity contribution is 6.07. The lowest BCUT2D eigenvalue weighted by atomic mass is 9.88. The molecule has 0 aliphatic heterocycles. The van der Waals surface area contributed by atoms with Gasteiger partial charge in [-0.1, -0.05) is 42.5 Å². The van der Waals surface area contributed by atoms with Gasteiger partial charge in [0.05, 0.1) is 6.61 Å². The number of nitrogens with one attached hydrogen (secondary N) is 1. The Bertz CT molecular complexity index is 781. The Morgan fingerprint density at radius 2 is 1.79 bits per heavy atom. The molecule has 0 aliphatic rings. The molecular formula is C18H19NO5. The Morgan fingerprint density at radius 3 is 2.42 bits per heavy atom. The summed E-state index contributed by atoms with van der Waals surface area (Å²) in [5.74, 6) is -3.06. The third-order valence-electron chi connectivity index (χ3n) is 3.71. The molecule has 0 aromatic heterocycles. The number of carboxylic acid groups (broad SMARTS) is 1. The van der Waals surface area contributed by atoms with Crippen molar-refractivity contribution in [2.45, 2.75) is 25.8 Å². The van der Waals surface area contributed by atoms with Gasteiger partial charge in [0.25, 0.3) is 0 Å². The molecule has 1 unspecified atom stereocenters. The topological polar surface area (TPSA) is 92.7 Å². The van der Waals surface area contributed by atoms with Crippen LogP contribution >= 0.6 is 0 Å². The molecule has 0 saturated heterocycles. The maximum atomic E-state index is 12.4. The summed E-state index contributed by atoms with van der Waals surface area (Å²) in [6.45, 7) is 2.76. The van der Waals surface area contributed by atoms with E-state index in [1.165, 1.54) is 6.92 Å². The number of carbonyl (C=O) groups is 3. The Balaban J connectivity index is 2.56. The number of fused-ring (bicyclic) bond motifs is 1. The number of ether oxygens (including phenoxy) is 1. The molecule has 0 aliphatic carbocycles. The number of amides is 1. The Hall–Kier alpha value is -2.89. The van der Waals surface area contributed by atoms with Crippen LogP contribution in [0, 0.1) is 0 Å². The molecule has 6 nitrogen and oxygen atoms in total. The van der Waals surface area contributed by atoms with Crippen molar-refractivity contribution >= 4 is 28.6 Å². The molecule has 24 heavy (non-hydrogen) atoms. The minimum absolute atomic E-state index is 0.0169. The Labute approximate surface area is 139 Å². The lowest BCUT2D eigenvalue weighted by molar-refractivity contribution is -0.164. The SMILES string of the molecule is CCOC(=O)C(Cc1cccc2ccccc12)(NC(C)=O)C(=O)O. The van der Waals surface area contributed by atoms with Crippen molar-refractivity contribution in [1.82, 2.24) is 5.32 Å². The Kier molecular flexibility index (Phi) is 5.18.